The Balaban J connectivity index is 1.93. The van der Waals surface area contributed by atoms with E-state index in [1.165, 1.54) is 19.3 Å². The third kappa shape index (κ3) is 2.95. The zero-order valence-electron chi connectivity index (χ0n) is 11.7. The topological polar surface area (TPSA) is 26.0 Å². The third-order valence-corrected chi connectivity index (χ3v) is 3.79. The minimum absolute atomic E-state index is 0.635. The summed E-state index contributed by atoms with van der Waals surface area (Å²) in [4.78, 5) is 0. The Morgan fingerprint density at radius 3 is 2.89 bits per heavy atom. The lowest BCUT2D eigenvalue weighted by molar-refractivity contribution is 0.810. The second kappa shape index (κ2) is 6.08. The number of hydrogen-bond donors (Lipinski definition) is 1. The van der Waals surface area contributed by atoms with E-state index in [1.807, 2.05) is 0 Å². The van der Waals surface area contributed by atoms with E-state index in [9.17, 15) is 0 Å². The van der Waals surface area contributed by atoms with E-state index in [-0.39, 0.29) is 0 Å². The van der Waals surface area contributed by atoms with Crippen molar-refractivity contribution in [1.29, 1.82) is 0 Å². The molecule has 98 valence electrons. The van der Waals surface area contributed by atoms with Gasteiger partial charge in [0, 0.05) is 11.6 Å². The predicted octanol–water partition coefficient (Wildman–Crippen LogP) is 4.63. The Bertz CT molecular complexity index is 421. The van der Waals surface area contributed by atoms with Crippen LogP contribution in [0.2, 0.25) is 0 Å². The number of hydrogen-bond acceptors (Lipinski definition) is 1. The van der Waals surface area contributed by atoms with Crippen LogP contribution in [0, 0.1) is 5.92 Å². The van der Waals surface area contributed by atoms with Crippen LogP contribution in [0.4, 0.5) is 0 Å². The molecule has 2 aliphatic rings. The molecule has 2 aliphatic carbocycles. The molecule has 0 spiro atoms. The van der Waals surface area contributed by atoms with E-state index in [4.69, 9.17) is 5.73 Å². The van der Waals surface area contributed by atoms with Gasteiger partial charge in [-0.2, -0.15) is 0 Å². The molecule has 0 aliphatic heterocycles. The van der Waals surface area contributed by atoms with Crippen molar-refractivity contribution in [2.45, 2.75) is 52.4 Å². The molecule has 0 bridgehead atoms. The standard InChI is InChI=1S/C17H25N/c1-3-7-13-9-5-11-15-16(17(13)15)12-6-10-14(18)8-4-2/h6-7,10,12,16H,3-5,8-9,11,18H2,1-2H3/b12-6?,13-7+,14-10+. The lowest BCUT2D eigenvalue weighted by Crippen LogP contribution is -1.94. The highest BCUT2D eigenvalue weighted by molar-refractivity contribution is 5.59. The second-order valence-electron chi connectivity index (χ2n) is 5.28. The van der Waals surface area contributed by atoms with Crippen LogP contribution in [0.25, 0.3) is 0 Å². The summed E-state index contributed by atoms with van der Waals surface area (Å²) in [6, 6.07) is 0. The van der Waals surface area contributed by atoms with Gasteiger partial charge in [-0.25, -0.2) is 0 Å². The van der Waals surface area contributed by atoms with E-state index in [1.54, 1.807) is 16.7 Å². The van der Waals surface area contributed by atoms with Crippen LogP contribution in [-0.2, 0) is 0 Å². The van der Waals surface area contributed by atoms with E-state index < -0.39 is 0 Å². The first-order valence-electron chi connectivity index (χ1n) is 7.33. The van der Waals surface area contributed by atoms with Crippen LogP contribution < -0.4 is 5.73 Å². The van der Waals surface area contributed by atoms with Crippen molar-refractivity contribution in [3.63, 3.8) is 0 Å². The summed E-state index contributed by atoms with van der Waals surface area (Å²) in [7, 11) is 0. The molecule has 1 nitrogen and oxygen atoms in total. The molecule has 0 aromatic rings. The summed E-state index contributed by atoms with van der Waals surface area (Å²) in [6.07, 6.45) is 16.2. The van der Waals surface area contributed by atoms with Crippen LogP contribution in [0.3, 0.4) is 0 Å². The Labute approximate surface area is 111 Å². The normalized spacial score (nSPS) is 26.0. The molecule has 0 fully saturated rings. The number of nitrogens with two attached hydrogens (primary N) is 1. The Hall–Kier alpha value is -1.24. The molecule has 0 saturated carbocycles. The summed E-state index contributed by atoms with van der Waals surface area (Å²) in [5.74, 6) is 0.635. The molecule has 2 N–H and O–H groups in total. The lowest BCUT2D eigenvalue weighted by atomic mass is 10.0. The molecular weight excluding hydrogens is 218 g/mol. The average molecular weight is 243 g/mol. The first-order valence-corrected chi connectivity index (χ1v) is 7.33. The van der Waals surface area contributed by atoms with Crippen molar-refractivity contribution >= 4 is 0 Å². The van der Waals surface area contributed by atoms with Gasteiger partial charge in [-0.3, -0.25) is 0 Å². The predicted molar refractivity (Wildman–Crippen MR) is 79.1 cm³/mol. The molecule has 0 aromatic carbocycles. The third-order valence-electron chi connectivity index (χ3n) is 3.79. The Morgan fingerprint density at radius 2 is 2.17 bits per heavy atom. The first-order chi connectivity index (χ1) is 8.77. The zero-order chi connectivity index (χ0) is 13.0. The SMILES string of the molecule is CC/C=C1\CCCC2=C1C2C=C/C=C(/N)CCC. The van der Waals surface area contributed by atoms with Crippen molar-refractivity contribution in [1.82, 2.24) is 0 Å². The van der Waals surface area contributed by atoms with Gasteiger partial charge in [0.25, 0.3) is 0 Å². The minimum atomic E-state index is 0.635. The fourth-order valence-electron chi connectivity index (χ4n) is 2.92. The van der Waals surface area contributed by atoms with Gasteiger partial charge in [0.1, 0.15) is 0 Å². The van der Waals surface area contributed by atoms with E-state index in [0.29, 0.717) is 5.92 Å². The molecule has 0 radical (unpaired) electrons. The molecule has 2 rings (SSSR count). The molecule has 1 atom stereocenters. The molecular formula is C17H25N. The smallest absolute Gasteiger partial charge is 0.0240 e. The van der Waals surface area contributed by atoms with Gasteiger partial charge < -0.3 is 5.73 Å². The van der Waals surface area contributed by atoms with Gasteiger partial charge in [-0.15, -0.1) is 0 Å². The van der Waals surface area contributed by atoms with Crippen LogP contribution in [0.15, 0.2) is 46.7 Å². The second-order valence-corrected chi connectivity index (χ2v) is 5.28. The van der Waals surface area contributed by atoms with Gasteiger partial charge >= 0.3 is 0 Å². The molecule has 1 unspecified atom stereocenters. The van der Waals surface area contributed by atoms with Gasteiger partial charge in [-0.1, -0.05) is 44.1 Å². The lowest BCUT2D eigenvalue weighted by Gasteiger charge is -2.04. The van der Waals surface area contributed by atoms with Gasteiger partial charge in [0.15, 0.2) is 0 Å². The number of rotatable bonds is 5. The Morgan fingerprint density at radius 1 is 1.33 bits per heavy atom. The van der Waals surface area contributed by atoms with Crippen molar-refractivity contribution in [3.05, 3.63) is 46.7 Å². The average Bonchev–Trinajstić information content (AvgIpc) is 3.05. The maximum absolute atomic E-state index is 5.90. The van der Waals surface area contributed by atoms with E-state index in [0.717, 1.165) is 25.0 Å². The molecule has 0 heterocycles. The van der Waals surface area contributed by atoms with Gasteiger partial charge in [-0.05, 0) is 49.3 Å². The fraction of sp³-hybridized carbons (Fsp3) is 0.529. The first kappa shape index (κ1) is 13.2. The van der Waals surface area contributed by atoms with Crippen molar-refractivity contribution in [2.24, 2.45) is 11.7 Å². The molecule has 1 heteroatoms. The molecule has 0 saturated heterocycles. The van der Waals surface area contributed by atoms with Crippen molar-refractivity contribution in [2.75, 3.05) is 0 Å². The monoisotopic (exact) mass is 243 g/mol. The van der Waals surface area contributed by atoms with Crippen molar-refractivity contribution < 1.29 is 0 Å². The molecule has 0 amide bonds. The summed E-state index contributed by atoms with van der Waals surface area (Å²) < 4.78 is 0. The maximum Gasteiger partial charge on any atom is 0.0240 e. The zero-order valence-corrected chi connectivity index (χ0v) is 11.7. The quantitative estimate of drug-likeness (QED) is 0.700. The highest BCUT2D eigenvalue weighted by Crippen LogP contribution is 2.52. The summed E-state index contributed by atoms with van der Waals surface area (Å²) in [5.41, 5.74) is 11.8. The van der Waals surface area contributed by atoms with Gasteiger partial charge in [0.05, 0.1) is 0 Å². The van der Waals surface area contributed by atoms with E-state index >= 15 is 0 Å². The highest BCUT2D eigenvalue weighted by atomic mass is 14.6. The van der Waals surface area contributed by atoms with Crippen LogP contribution >= 0.6 is 0 Å². The van der Waals surface area contributed by atoms with Crippen molar-refractivity contribution in [3.8, 4) is 0 Å². The molecule has 18 heavy (non-hydrogen) atoms. The minimum Gasteiger partial charge on any atom is -0.402 e. The summed E-state index contributed by atoms with van der Waals surface area (Å²) >= 11 is 0. The highest BCUT2D eigenvalue weighted by Gasteiger charge is 2.37. The van der Waals surface area contributed by atoms with E-state index in [2.05, 4.69) is 38.2 Å². The maximum atomic E-state index is 5.90. The fourth-order valence-corrected chi connectivity index (χ4v) is 2.92. The summed E-state index contributed by atoms with van der Waals surface area (Å²) in [6.45, 7) is 4.39. The van der Waals surface area contributed by atoms with Gasteiger partial charge in [0.2, 0.25) is 0 Å². The van der Waals surface area contributed by atoms with Crippen LogP contribution in [0.5, 0.6) is 0 Å². The van der Waals surface area contributed by atoms with Crippen LogP contribution in [-0.4, -0.2) is 0 Å². The summed E-state index contributed by atoms with van der Waals surface area (Å²) in [5, 5.41) is 0. The molecule has 0 aromatic heterocycles. The largest absolute Gasteiger partial charge is 0.402 e. The Kier molecular flexibility index (Phi) is 4.46. The number of allylic oxidation sites excluding steroid dienone is 8. The van der Waals surface area contributed by atoms with Crippen LogP contribution in [0.1, 0.15) is 52.4 Å².